The van der Waals surface area contributed by atoms with Crippen LogP contribution in [0.3, 0.4) is 0 Å². The summed E-state index contributed by atoms with van der Waals surface area (Å²) in [5, 5.41) is 15.4. The van der Waals surface area contributed by atoms with E-state index in [9.17, 15) is 4.79 Å². The average molecular weight is 499 g/mol. The number of rotatable bonds is 6. The summed E-state index contributed by atoms with van der Waals surface area (Å²) in [7, 11) is 1.56. The summed E-state index contributed by atoms with van der Waals surface area (Å²) in [5.41, 5.74) is 1.91. The van der Waals surface area contributed by atoms with Gasteiger partial charge < -0.3 is 9.47 Å². The molecule has 2 aromatic carbocycles. The van der Waals surface area contributed by atoms with Gasteiger partial charge in [-0.25, -0.2) is 0 Å². The second-order valence-electron chi connectivity index (χ2n) is 6.69. The fourth-order valence-corrected chi connectivity index (χ4v) is 4.07. The molecule has 0 fully saturated rings. The van der Waals surface area contributed by atoms with Gasteiger partial charge >= 0.3 is 0 Å². The number of hydrazone groups is 1. The average Bonchev–Trinajstić information content (AvgIpc) is 3.20. The molecule has 0 saturated heterocycles. The maximum absolute atomic E-state index is 12.5. The molecule has 31 heavy (non-hydrogen) atoms. The molecule has 0 radical (unpaired) electrons. The Labute approximate surface area is 192 Å². The zero-order valence-corrected chi connectivity index (χ0v) is 19.3. The molecule has 2 aliphatic heterocycles. The molecule has 2 aliphatic rings. The van der Waals surface area contributed by atoms with Crippen LogP contribution in [0, 0.1) is 5.41 Å². The quantitative estimate of drug-likeness (QED) is 0.561. The number of nitrogens with one attached hydrogen (secondary N) is 1. The molecule has 1 N–H and O–H groups in total. The Balaban J connectivity index is 1.55. The molecule has 9 heteroatoms. The van der Waals surface area contributed by atoms with E-state index in [-0.39, 0.29) is 11.4 Å². The van der Waals surface area contributed by atoms with Crippen LogP contribution < -0.4 is 9.47 Å². The molecule has 0 atom stereocenters. The highest BCUT2D eigenvalue weighted by molar-refractivity contribution is 9.10. The Kier molecular flexibility index (Phi) is 6.24. The van der Waals surface area contributed by atoms with E-state index in [4.69, 9.17) is 14.9 Å². The van der Waals surface area contributed by atoms with Gasteiger partial charge in [0.25, 0.3) is 5.91 Å². The van der Waals surface area contributed by atoms with Crippen molar-refractivity contribution in [1.29, 1.82) is 5.41 Å². The smallest absolute Gasteiger partial charge is 0.283 e. The van der Waals surface area contributed by atoms with E-state index in [2.05, 4.69) is 26.0 Å². The Bertz CT molecular complexity index is 1140. The molecular weight excluding hydrogens is 480 g/mol. The van der Waals surface area contributed by atoms with E-state index < -0.39 is 5.91 Å². The van der Waals surface area contributed by atoms with Gasteiger partial charge in [0, 0.05) is 4.47 Å². The van der Waals surface area contributed by atoms with Crippen molar-refractivity contribution in [3.05, 3.63) is 63.6 Å². The molecular formula is C22H19BrN4O3S. The van der Waals surface area contributed by atoms with Gasteiger partial charge in [0.15, 0.2) is 17.3 Å². The standard InChI is InChI=1S/C22H19BrN4O3S/c1-3-19-26-27-20(24)16(21(28)25-22(27)31-19)10-14-6-9-17(18(11-14)29-2)30-12-13-4-7-15(23)8-5-13/h4-11,24H,3,12H2,1-2H3/b16-10-,24-20?. The van der Waals surface area contributed by atoms with E-state index in [1.165, 1.54) is 16.8 Å². The Morgan fingerprint density at radius 1 is 1.19 bits per heavy atom. The molecule has 0 saturated carbocycles. The van der Waals surface area contributed by atoms with Crippen molar-refractivity contribution < 1.29 is 14.3 Å². The minimum atomic E-state index is -0.453. The summed E-state index contributed by atoms with van der Waals surface area (Å²) in [4.78, 5) is 16.6. The van der Waals surface area contributed by atoms with Gasteiger partial charge in [-0.15, -0.1) is 0 Å². The number of halogens is 1. The van der Waals surface area contributed by atoms with Gasteiger partial charge in [0.2, 0.25) is 5.17 Å². The largest absolute Gasteiger partial charge is 0.493 e. The molecule has 0 aromatic heterocycles. The Morgan fingerprint density at radius 2 is 1.97 bits per heavy atom. The van der Waals surface area contributed by atoms with Gasteiger partial charge in [-0.05, 0) is 59.7 Å². The number of nitrogens with zero attached hydrogens (tertiary/aromatic N) is 3. The number of carbonyl (C=O) groups is 1. The molecule has 158 valence electrons. The maximum atomic E-state index is 12.5. The molecule has 0 unspecified atom stereocenters. The highest BCUT2D eigenvalue weighted by atomic mass is 79.9. The van der Waals surface area contributed by atoms with Crippen LogP contribution in [0.15, 0.2) is 62.6 Å². The first kappa shape index (κ1) is 21.3. The van der Waals surface area contributed by atoms with Crippen molar-refractivity contribution in [1.82, 2.24) is 5.01 Å². The Morgan fingerprint density at radius 3 is 2.68 bits per heavy atom. The fourth-order valence-electron chi connectivity index (χ4n) is 2.98. The van der Waals surface area contributed by atoms with Crippen molar-refractivity contribution in [3.8, 4) is 11.5 Å². The zero-order chi connectivity index (χ0) is 22.0. The number of fused-ring (bicyclic) bond motifs is 1. The van der Waals surface area contributed by atoms with Crippen LogP contribution in [0.1, 0.15) is 24.5 Å². The van der Waals surface area contributed by atoms with Crippen LogP contribution in [0.5, 0.6) is 11.5 Å². The zero-order valence-electron chi connectivity index (χ0n) is 16.9. The highest BCUT2D eigenvalue weighted by Crippen LogP contribution is 2.32. The molecule has 4 rings (SSSR count). The van der Waals surface area contributed by atoms with Crippen LogP contribution >= 0.6 is 27.7 Å². The molecule has 0 bridgehead atoms. The number of methoxy groups -OCH3 is 1. The maximum Gasteiger partial charge on any atom is 0.283 e. The van der Waals surface area contributed by atoms with Gasteiger partial charge in [0.05, 0.1) is 12.7 Å². The van der Waals surface area contributed by atoms with E-state index >= 15 is 0 Å². The lowest BCUT2D eigenvalue weighted by molar-refractivity contribution is -0.114. The topological polar surface area (TPSA) is 87.3 Å². The first-order valence-electron chi connectivity index (χ1n) is 9.53. The van der Waals surface area contributed by atoms with E-state index in [0.717, 1.165) is 21.5 Å². The number of aliphatic imine (C=N–C) groups is 1. The van der Waals surface area contributed by atoms with Crippen LogP contribution in [-0.4, -0.2) is 34.1 Å². The van der Waals surface area contributed by atoms with Crippen LogP contribution in [0.4, 0.5) is 0 Å². The van der Waals surface area contributed by atoms with Crippen molar-refractivity contribution in [2.75, 3.05) is 7.11 Å². The van der Waals surface area contributed by atoms with Gasteiger partial charge in [-0.3, -0.25) is 10.2 Å². The predicted molar refractivity (Wildman–Crippen MR) is 127 cm³/mol. The number of carbonyl (C=O) groups excluding carboxylic acids is 1. The van der Waals surface area contributed by atoms with Gasteiger partial charge in [-0.2, -0.15) is 15.1 Å². The van der Waals surface area contributed by atoms with Crippen LogP contribution in [0.2, 0.25) is 0 Å². The first-order valence-corrected chi connectivity index (χ1v) is 11.1. The second kappa shape index (κ2) is 9.07. The Hall–Kier alpha value is -2.91. The highest BCUT2D eigenvalue weighted by Gasteiger charge is 2.35. The lowest BCUT2D eigenvalue weighted by Gasteiger charge is -2.20. The third-order valence-corrected chi connectivity index (χ3v) is 6.19. The lowest BCUT2D eigenvalue weighted by atomic mass is 10.1. The predicted octanol–water partition coefficient (Wildman–Crippen LogP) is 5.07. The van der Waals surface area contributed by atoms with Gasteiger partial charge in [0.1, 0.15) is 11.7 Å². The number of thioether (sulfide) groups is 1. The molecule has 2 aromatic rings. The van der Waals surface area contributed by atoms with Crippen molar-refractivity contribution in [2.45, 2.75) is 20.0 Å². The van der Waals surface area contributed by atoms with Crippen molar-refractivity contribution in [3.63, 3.8) is 0 Å². The number of amides is 1. The van der Waals surface area contributed by atoms with Crippen molar-refractivity contribution >= 4 is 55.7 Å². The number of hydrogen-bond acceptors (Lipinski definition) is 6. The number of benzene rings is 2. The van der Waals surface area contributed by atoms with E-state index in [1.54, 1.807) is 25.3 Å². The minimum Gasteiger partial charge on any atom is -0.493 e. The van der Waals surface area contributed by atoms with E-state index in [0.29, 0.717) is 28.8 Å². The molecule has 1 amide bonds. The number of amidine groups is 2. The SMILES string of the molecule is CCC1=NN2C(=N)/C(=C/c3ccc(OCc4ccc(Br)cc4)c(OC)c3)C(=O)N=C2S1. The number of ether oxygens (including phenoxy) is 2. The summed E-state index contributed by atoms with van der Waals surface area (Å²) in [6, 6.07) is 13.2. The normalized spacial score (nSPS) is 16.9. The van der Waals surface area contributed by atoms with Crippen LogP contribution in [0.25, 0.3) is 6.08 Å². The summed E-state index contributed by atoms with van der Waals surface area (Å²) in [6.07, 6.45) is 2.34. The minimum absolute atomic E-state index is 0.0143. The molecule has 2 heterocycles. The lowest BCUT2D eigenvalue weighted by Crippen LogP contribution is -2.35. The monoisotopic (exact) mass is 498 g/mol. The summed E-state index contributed by atoms with van der Waals surface area (Å²) < 4.78 is 12.4. The molecule has 7 nitrogen and oxygen atoms in total. The van der Waals surface area contributed by atoms with E-state index in [1.807, 2.05) is 37.3 Å². The van der Waals surface area contributed by atoms with Crippen molar-refractivity contribution in [2.24, 2.45) is 10.1 Å². The van der Waals surface area contributed by atoms with Gasteiger partial charge in [-0.1, -0.05) is 41.1 Å². The number of hydrogen-bond donors (Lipinski definition) is 1. The summed E-state index contributed by atoms with van der Waals surface area (Å²) in [5.74, 6) is 0.686. The summed E-state index contributed by atoms with van der Waals surface area (Å²) >= 11 is 4.74. The fraction of sp³-hybridized carbons (Fsp3) is 0.182. The first-order chi connectivity index (χ1) is 15.0. The third-order valence-electron chi connectivity index (χ3n) is 4.61. The molecule has 0 spiro atoms. The third kappa shape index (κ3) is 4.57. The van der Waals surface area contributed by atoms with Crippen LogP contribution in [-0.2, 0) is 11.4 Å². The second-order valence-corrected chi connectivity index (χ2v) is 8.65. The summed E-state index contributed by atoms with van der Waals surface area (Å²) in [6.45, 7) is 2.37. The molecule has 0 aliphatic carbocycles.